The minimum absolute atomic E-state index is 0.0797. The molecule has 29 heavy (non-hydrogen) atoms. The lowest BCUT2D eigenvalue weighted by Crippen LogP contribution is -2.18. The predicted molar refractivity (Wildman–Crippen MR) is 113 cm³/mol. The van der Waals surface area contributed by atoms with Gasteiger partial charge in [-0.2, -0.15) is 0 Å². The number of sulfonamides is 1. The SMILES string of the molecule is CCCN=C/C(=C\N)C(=O)Nc1ccc(F)c(S(=O)(=O)Nc2ccc(Cl)cc2)c1. The molecule has 0 heterocycles. The molecule has 0 saturated carbocycles. The first kappa shape index (κ1) is 22.4. The second kappa shape index (κ2) is 10.0. The molecule has 0 fully saturated rings. The Morgan fingerprint density at radius 2 is 1.86 bits per heavy atom. The highest BCUT2D eigenvalue weighted by molar-refractivity contribution is 7.92. The van der Waals surface area contributed by atoms with Crippen LogP contribution >= 0.6 is 11.6 Å². The van der Waals surface area contributed by atoms with Crippen LogP contribution in [-0.2, 0) is 14.8 Å². The zero-order chi connectivity index (χ0) is 21.4. The van der Waals surface area contributed by atoms with Gasteiger partial charge in [0.25, 0.3) is 15.9 Å². The van der Waals surface area contributed by atoms with Crippen LogP contribution in [-0.4, -0.2) is 27.1 Å². The number of nitrogens with one attached hydrogen (secondary N) is 2. The first-order valence-corrected chi connectivity index (χ1v) is 10.4. The lowest BCUT2D eigenvalue weighted by atomic mass is 10.2. The third-order valence-electron chi connectivity index (χ3n) is 3.60. The van der Waals surface area contributed by atoms with E-state index in [0.717, 1.165) is 24.8 Å². The normalized spacial score (nSPS) is 12.2. The third kappa shape index (κ3) is 6.30. The molecule has 0 spiro atoms. The first-order chi connectivity index (χ1) is 13.8. The molecule has 0 saturated heterocycles. The van der Waals surface area contributed by atoms with Crippen LogP contribution in [0.25, 0.3) is 0 Å². The molecule has 154 valence electrons. The van der Waals surface area contributed by atoms with Crippen molar-refractivity contribution in [2.24, 2.45) is 10.7 Å². The summed E-state index contributed by atoms with van der Waals surface area (Å²) in [4.78, 5) is 15.7. The summed E-state index contributed by atoms with van der Waals surface area (Å²) >= 11 is 5.77. The van der Waals surface area contributed by atoms with Gasteiger partial charge in [-0.15, -0.1) is 0 Å². The van der Waals surface area contributed by atoms with E-state index in [-0.39, 0.29) is 16.9 Å². The van der Waals surface area contributed by atoms with E-state index >= 15 is 0 Å². The summed E-state index contributed by atoms with van der Waals surface area (Å²) in [6.45, 7) is 2.46. The number of nitrogens with zero attached hydrogens (tertiary/aromatic N) is 1. The highest BCUT2D eigenvalue weighted by Gasteiger charge is 2.20. The average molecular weight is 439 g/mol. The zero-order valence-corrected chi connectivity index (χ0v) is 17.1. The number of carbonyl (C=O) groups is 1. The lowest BCUT2D eigenvalue weighted by molar-refractivity contribution is -0.112. The van der Waals surface area contributed by atoms with Crippen LogP contribution in [0.2, 0.25) is 5.02 Å². The van der Waals surface area contributed by atoms with E-state index in [1.807, 2.05) is 6.92 Å². The number of hydrogen-bond acceptors (Lipinski definition) is 5. The van der Waals surface area contributed by atoms with Crippen molar-refractivity contribution in [3.63, 3.8) is 0 Å². The smallest absolute Gasteiger partial charge is 0.264 e. The fourth-order valence-corrected chi connectivity index (χ4v) is 3.48. The van der Waals surface area contributed by atoms with E-state index in [1.165, 1.54) is 36.5 Å². The molecular formula is C19H20ClFN4O3S. The van der Waals surface area contributed by atoms with Crippen LogP contribution in [0, 0.1) is 5.82 Å². The summed E-state index contributed by atoms with van der Waals surface area (Å²) < 4.78 is 41.6. The fraction of sp³-hybridized carbons (Fsp3) is 0.158. The molecule has 2 aromatic rings. The Morgan fingerprint density at radius 3 is 2.48 bits per heavy atom. The molecule has 0 aromatic heterocycles. The van der Waals surface area contributed by atoms with Gasteiger partial charge in [0, 0.05) is 35.4 Å². The maximum atomic E-state index is 14.2. The molecule has 1 amide bonds. The van der Waals surface area contributed by atoms with Gasteiger partial charge in [0.2, 0.25) is 0 Å². The predicted octanol–water partition coefficient (Wildman–Crippen LogP) is 3.54. The molecule has 0 aliphatic carbocycles. The summed E-state index contributed by atoms with van der Waals surface area (Å²) in [5.41, 5.74) is 5.82. The molecule has 0 radical (unpaired) electrons. The summed E-state index contributed by atoms with van der Waals surface area (Å²) in [7, 11) is -4.24. The summed E-state index contributed by atoms with van der Waals surface area (Å²) in [6.07, 6.45) is 3.20. The third-order valence-corrected chi connectivity index (χ3v) is 5.25. The van der Waals surface area contributed by atoms with Crippen molar-refractivity contribution in [2.45, 2.75) is 18.2 Å². The number of aliphatic imine (C=N–C) groups is 1. The molecule has 0 unspecified atom stereocenters. The second-order valence-electron chi connectivity index (χ2n) is 5.87. The van der Waals surface area contributed by atoms with Crippen LogP contribution in [0.15, 0.2) is 64.1 Å². The minimum atomic E-state index is -4.24. The molecule has 0 aliphatic heterocycles. The summed E-state index contributed by atoms with van der Waals surface area (Å²) in [5.74, 6) is -1.57. The topological polar surface area (TPSA) is 114 Å². The van der Waals surface area contributed by atoms with Crippen LogP contribution in [0.4, 0.5) is 15.8 Å². The van der Waals surface area contributed by atoms with Gasteiger partial charge in [-0.1, -0.05) is 18.5 Å². The van der Waals surface area contributed by atoms with Crippen LogP contribution in [0.1, 0.15) is 13.3 Å². The lowest BCUT2D eigenvalue weighted by Gasteiger charge is -2.11. The van der Waals surface area contributed by atoms with E-state index in [2.05, 4.69) is 15.0 Å². The standard InChI is InChI=1S/C19H20ClFN4O3S/c1-2-9-23-12-13(11-22)19(26)24-16-7-8-17(21)18(10-16)29(27,28)25-15-5-3-14(20)4-6-15/h3-8,10-12,25H,2,9,22H2,1H3,(H,24,26)/b13-11+,23-12?. The number of anilines is 2. The number of hydrogen-bond donors (Lipinski definition) is 3. The summed E-state index contributed by atoms with van der Waals surface area (Å²) in [6, 6.07) is 9.08. The molecule has 2 rings (SSSR count). The Labute approximate surface area is 173 Å². The van der Waals surface area contributed by atoms with Gasteiger partial charge in [-0.25, -0.2) is 12.8 Å². The molecule has 4 N–H and O–H groups in total. The maximum absolute atomic E-state index is 14.2. The van der Waals surface area contributed by atoms with Crippen LogP contribution < -0.4 is 15.8 Å². The monoisotopic (exact) mass is 438 g/mol. The van der Waals surface area contributed by atoms with Gasteiger partial charge in [0.1, 0.15) is 10.7 Å². The largest absolute Gasteiger partial charge is 0.404 e. The highest BCUT2D eigenvalue weighted by atomic mass is 35.5. The van der Waals surface area contributed by atoms with Crippen molar-refractivity contribution in [3.8, 4) is 0 Å². The molecule has 10 heteroatoms. The fourth-order valence-electron chi connectivity index (χ4n) is 2.19. The van der Waals surface area contributed by atoms with Gasteiger partial charge < -0.3 is 11.1 Å². The Bertz CT molecular complexity index is 1040. The Balaban J connectivity index is 2.24. The van der Waals surface area contributed by atoms with Gasteiger partial charge in [-0.3, -0.25) is 14.5 Å². The average Bonchev–Trinajstić information content (AvgIpc) is 2.68. The van der Waals surface area contributed by atoms with E-state index in [4.69, 9.17) is 17.3 Å². The Hall–Kier alpha value is -2.91. The van der Waals surface area contributed by atoms with E-state index in [0.29, 0.717) is 11.6 Å². The number of rotatable bonds is 8. The van der Waals surface area contributed by atoms with Gasteiger partial charge in [-0.05, 0) is 48.9 Å². The van der Waals surface area contributed by atoms with Crippen LogP contribution in [0.5, 0.6) is 0 Å². The van der Waals surface area contributed by atoms with E-state index in [1.54, 1.807) is 0 Å². The molecule has 0 atom stereocenters. The Morgan fingerprint density at radius 1 is 1.21 bits per heavy atom. The van der Waals surface area contributed by atoms with Gasteiger partial charge in [0.05, 0.1) is 5.57 Å². The van der Waals surface area contributed by atoms with Crippen molar-refractivity contribution in [1.29, 1.82) is 0 Å². The van der Waals surface area contributed by atoms with Crippen molar-refractivity contribution in [1.82, 2.24) is 0 Å². The van der Waals surface area contributed by atoms with Crippen molar-refractivity contribution < 1.29 is 17.6 Å². The van der Waals surface area contributed by atoms with E-state index in [9.17, 15) is 17.6 Å². The van der Waals surface area contributed by atoms with E-state index < -0.39 is 26.6 Å². The molecule has 0 bridgehead atoms. The number of halogens is 2. The maximum Gasteiger partial charge on any atom is 0.264 e. The Kier molecular flexibility index (Phi) is 7.74. The number of carbonyl (C=O) groups excluding carboxylic acids is 1. The highest BCUT2D eigenvalue weighted by Crippen LogP contribution is 2.23. The van der Waals surface area contributed by atoms with Crippen molar-refractivity contribution >= 4 is 45.1 Å². The van der Waals surface area contributed by atoms with Gasteiger partial charge in [0.15, 0.2) is 0 Å². The number of nitrogens with two attached hydrogens (primary N) is 1. The minimum Gasteiger partial charge on any atom is -0.404 e. The van der Waals surface area contributed by atoms with Crippen molar-refractivity contribution in [3.05, 3.63) is 65.1 Å². The molecular weight excluding hydrogens is 419 g/mol. The van der Waals surface area contributed by atoms with Gasteiger partial charge >= 0.3 is 0 Å². The first-order valence-electron chi connectivity index (χ1n) is 8.58. The molecule has 2 aromatic carbocycles. The molecule has 7 nitrogen and oxygen atoms in total. The summed E-state index contributed by atoms with van der Waals surface area (Å²) in [5, 5.41) is 2.90. The number of benzene rings is 2. The number of amides is 1. The van der Waals surface area contributed by atoms with Crippen molar-refractivity contribution in [2.75, 3.05) is 16.6 Å². The second-order valence-corrected chi connectivity index (χ2v) is 7.96. The molecule has 0 aliphatic rings. The quantitative estimate of drug-likeness (QED) is 0.432. The van der Waals surface area contributed by atoms with Crippen LogP contribution in [0.3, 0.4) is 0 Å². The zero-order valence-electron chi connectivity index (χ0n) is 15.5.